The molecule has 3 rings (SSSR count). The van der Waals surface area contributed by atoms with Crippen LogP contribution in [0.1, 0.15) is 11.1 Å². The van der Waals surface area contributed by atoms with Gasteiger partial charge in [0.15, 0.2) is 0 Å². The van der Waals surface area contributed by atoms with E-state index in [-0.39, 0.29) is 18.1 Å². The highest BCUT2D eigenvalue weighted by molar-refractivity contribution is 6.33. The van der Waals surface area contributed by atoms with E-state index in [0.717, 1.165) is 16.9 Å². The number of hydrogen-bond donors (Lipinski definition) is 2. The second kappa shape index (κ2) is 12.4. The Morgan fingerprint density at radius 3 is 2.32 bits per heavy atom. The number of anilines is 1. The molecule has 0 spiro atoms. The summed E-state index contributed by atoms with van der Waals surface area (Å²) in [4.78, 5) is 10.3. The molecule has 31 heavy (non-hydrogen) atoms. The van der Waals surface area contributed by atoms with Crippen molar-refractivity contribution in [2.45, 2.75) is 13.2 Å². The van der Waals surface area contributed by atoms with Gasteiger partial charge in [-0.15, -0.1) is 12.4 Å². The standard InChI is InChI=1S/C22H21Cl2N3O3.ClH/c23-19-7-3-1-6-17(19)15-30-22-8-4-2-5-16(22)14-25-11-12-26-21-10-9-18(27(28)29)13-20(21)24;/h1-10,13,25-26H,11-12,14-15H2;1H. The smallest absolute Gasteiger partial charge is 0.271 e. The highest BCUT2D eigenvalue weighted by atomic mass is 35.5. The summed E-state index contributed by atoms with van der Waals surface area (Å²) in [5, 5.41) is 18.3. The maximum atomic E-state index is 10.8. The molecule has 164 valence electrons. The summed E-state index contributed by atoms with van der Waals surface area (Å²) in [7, 11) is 0. The van der Waals surface area contributed by atoms with Gasteiger partial charge in [0, 0.05) is 47.9 Å². The molecule has 0 aliphatic heterocycles. The van der Waals surface area contributed by atoms with Crippen LogP contribution in [0.15, 0.2) is 66.7 Å². The van der Waals surface area contributed by atoms with E-state index in [1.54, 1.807) is 6.07 Å². The number of nitro benzene ring substituents is 1. The molecule has 3 aromatic carbocycles. The number of hydrogen-bond acceptors (Lipinski definition) is 5. The van der Waals surface area contributed by atoms with Crippen molar-refractivity contribution < 1.29 is 9.66 Å². The van der Waals surface area contributed by atoms with Crippen molar-refractivity contribution in [1.29, 1.82) is 0 Å². The minimum Gasteiger partial charge on any atom is -0.489 e. The maximum Gasteiger partial charge on any atom is 0.271 e. The molecular weight excluding hydrogens is 461 g/mol. The summed E-state index contributed by atoms with van der Waals surface area (Å²) in [5.41, 5.74) is 2.61. The van der Waals surface area contributed by atoms with Gasteiger partial charge in [-0.25, -0.2) is 0 Å². The van der Waals surface area contributed by atoms with Crippen molar-refractivity contribution in [3.05, 3.63) is 98.0 Å². The van der Waals surface area contributed by atoms with Crippen LogP contribution in [0, 0.1) is 10.1 Å². The van der Waals surface area contributed by atoms with Crippen molar-refractivity contribution in [1.82, 2.24) is 5.32 Å². The van der Waals surface area contributed by atoms with E-state index in [9.17, 15) is 10.1 Å². The number of rotatable bonds is 10. The molecule has 0 bridgehead atoms. The first-order chi connectivity index (χ1) is 14.5. The van der Waals surface area contributed by atoms with Crippen LogP contribution >= 0.6 is 35.6 Å². The van der Waals surface area contributed by atoms with E-state index in [1.165, 1.54) is 12.1 Å². The fourth-order valence-corrected chi connectivity index (χ4v) is 3.26. The summed E-state index contributed by atoms with van der Waals surface area (Å²) in [6.45, 7) is 2.32. The molecule has 0 aliphatic carbocycles. The van der Waals surface area contributed by atoms with Gasteiger partial charge >= 0.3 is 0 Å². The van der Waals surface area contributed by atoms with Crippen molar-refractivity contribution in [3.8, 4) is 5.75 Å². The van der Waals surface area contributed by atoms with Crippen molar-refractivity contribution >= 4 is 47.0 Å². The molecule has 3 aromatic rings. The Bertz CT molecular complexity index is 1020. The predicted octanol–water partition coefficient (Wildman–Crippen LogP) is 6.10. The van der Waals surface area contributed by atoms with Gasteiger partial charge in [0.1, 0.15) is 12.4 Å². The van der Waals surface area contributed by atoms with E-state index in [4.69, 9.17) is 27.9 Å². The average molecular weight is 483 g/mol. The molecular formula is C22H22Cl3N3O3. The number of halogens is 3. The fraction of sp³-hybridized carbons (Fsp3) is 0.182. The van der Waals surface area contributed by atoms with E-state index in [0.29, 0.717) is 42.0 Å². The number of ether oxygens (including phenoxy) is 1. The molecule has 0 heterocycles. The summed E-state index contributed by atoms with van der Waals surface area (Å²) in [6, 6.07) is 19.8. The summed E-state index contributed by atoms with van der Waals surface area (Å²) < 4.78 is 5.96. The number of nitrogens with one attached hydrogen (secondary N) is 2. The van der Waals surface area contributed by atoms with Gasteiger partial charge in [0.2, 0.25) is 0 Å². The van der Waals surface area contributed by atoms with Crippen LogP contribution in [0.3, 0.4) is 0 Å². The Kier molecular flexibility index (Phi) is 9.88. The number of non-ortho nitro benzene ring substituents is 1. The molecule has 0 fully saturated rings. The first-order valence-corrected chi connectivity index (χ1v) is 10.1. The van der Waals surface area contributed by atoms with Crippen LogP contribution in [0.4, 0.5) is 11.4 Å². The molecule has 6 nitrogen and oxygen atoms in total. The Morgan fingerprint density at radius 2 is 1.61 bits per heavy atom. The first kappa shape index (κ1) is 24.8. The quantitative estimate of drug-likeness (QED) is 0.207. The van der Waals surface area contributed by atoms with Crippen LogP contribution in [-0.2, 0) is 13.2 Å². The molecule has 0 aliphatic rings. The number of benzene rings is 3. The third-order valence-electron chi connectivity index (χ3n) is 4.41. The van der Waals surface area contributed by atoms with Crippen molar-refractivity contribution in [2.24, 2.45) is 0 Å². The molecule has 2 N–H and O–H groups in total. The van der Waals surface area contributed by atoms with E-state index >= 15 is 0 Å². The Morgan fingerprint density at radius 1 is 0.903 bits per heavy atom. The lowest BCUT2D eigenvalue weighted by Gasteiger charge is -2.13. The zero-order valence-electron chi connectivity index (χ0n) is 16.5. The van der Waals surface area contributed by atoms with Crippen LogP contribution in [-0.4, -0.2) is 18.0 Å². The van der Waals surface area contributed by atoms with Gasteiger partial charge in [-0.05, 0) is 18.2 Å². The zero-order chi connectivity index (χ0) is 21.3. The maximum absolute atomic E-state index is 10.8. The van der Waals surface area contributed by atoms with Crippen LogP contribution in [0.5, 0.6) is 5.75 Å². The first-order valence-electron chi connectivity index (χ1n) is 9.37. The van der Waals surface area contributed by atoms with E-state index in [2.05, 4.69) is 10.6 Å². The molecule has 0 radical (unpaired) electrons. The van der Waals surface area contributed by atoms with Gasteiger partial charge < -0.3 is 15.4 Å². The average Bonchev–Trinajstić information content (AvgIpc) is 2.74. The normalized spacial score (nSPS) is 10.3. The molecule has 0 saturated heterocycles. The third-order valence-corrected chi connectivity index (χ3v) is 5.09. The Hall–Kier alpha value is -2.51. The molecule has 0 unspecified atom stereocenters. The fourth-order valence-electron chi connectivity index (χ4n) is 2.83. The molecule has 9 heteroatoms. The van der Waals surface area contributed by atoms with Crippen LogP contribution in [0.2, 0.25) is 10.0 Å². The van der Waals surface area contributed by atoms with E-state index in [1.807, 2.05) is 48.5 Å². The summed E-state index contributed by atoms with van der Waals surface area (Å²) in [6.07, 6.45) is 0. The molecule has 0 aromatic heterocycles. The van der Waals surface area contributed by atoms with Crippen LogP contribution in [0.25, 0.3) is 0 Å². The number of nitrogens with zero attached hydrogens (tertiary/aromatic N) is 1. The summed E-state index contributed by atoms with van der Waals surface area (Å²) in [5.74, 6) is 0.802. The van der Waals surface area contributed by atoms with Gasteiger partial charge in [0.05, 0.1) is 15.6 Å². The zero-order valence-corrected chi connectivity index (χ0v) is 18.8. The third kappa shape index (κ3) is 7.29. The van der Waals surface area contributed by atoms with Gasteiger partial charge in [-0.2, -0.15) is 0 Å². The molecule has 0 saturated carbocycles. The Balaban J connectivity index is 0.00000341. The largest absolute Gasteiger partial charge is 0.489 e. The minimum absolute atomic E-state index is 0. The minimum atomic E-state index is -0.470. The molecule has 0 atom stereocenters. The highest BCUT2D eigenvalue weighted by Gasteiger charge is 2.09. The topological polar surface area (TPSA) is 76.4 Å². The number of nitro groups is 1. The van der Waals surface area contributed by atoms with Crippen molar-refractivity contribution in [3.63, 3.8) is 0 Å². The van der Waals surface area contributed by atoms with Gasteiger partial charge in [0.25, 0.3) is 5.69 Å². The van der Waals surface area contributed by atoms with Gasteiger partial charge in [-0.1, -0.05) is 59.6 Å². The Labute approximate surface area is 197 Å². The predicted molar refractivity (Wildman–Crippen MR) is 128 cm³/mol. The lowest BCUT2D eigenvalue weighted by atomic mass is 10.2. The summed E-state index contributed by atoms with van der Waals surface area (Å²) >= 11 is 12.3. The lowest BCUT2D eigenvalue weighted by Crippen LogP contribution is -2.22. The van der Waals surface area contributed by atoms with Gasteiger partial charge in [-0.3, -0.25) is 10.1 Å². The van der Waals surface area contributed by atoms with Crippen LogP contribution < -0.4 is 15.4 Å². The second-order valence-corrected chi connectivity index (χ2v) is 7.33. The lowest BCUT2D eigenvalue weighted by molar-refractivity contribution is -0.384. The van der Waals surface area contributed by atoms with E-state index < -0.39 is 4.92 Å². The van der Waals surface area contributed by atoms with Crippen molar-refractivity contribution in [2.75, 3.05) is 18.4 Å². The SMILES string of the molecule is Cl.O=[N+]([O-])c1ccc(NCCNCc2ccccc2OCc2ccccc2Cl)c(Cl)c1. The highest BCUT2D eigenvalue weighted by Crippen LogP contribution is 2.26. The second-order valence-electron chi connectivity index (χ2n) is 6.51. The molecule has 0 amide bonds. The number of para-hydroxylation sites is 1. The monoisotopic (exact) mass is 481 g/mol.